The van der Waals surface area contributed by atoms with Crippen LogP contribution >= 0.6 is 0 Å². The first-order valence-electron chi connectivity index (χ1n) is 7.80. The summed E-state index contributed by atoms with van der Waals surface area (Å²) < 4.78 is 33.3. The van der Waals surface area contributed by atoms with Crippen molar-refractivity contribution in [3.8, 4) is 5.75 Å². The fraction of sp³-hybridized carbons (Fsp3) is 0.105. The molecule has 7 heteroatoms. The van der Waals surface area contributed by atoms with Crippen molar-refractivity contribution >= 4 is 26.8 Å². The second kappa shape index (κ2) is 7.15. The maximum absolute atomic E-state index is 12.7. The van der Waals surface area contributed by atoms with E-state index in [1.54, 1.807) is 36.4 Å². The number of benzene rings is 3. The Morgan fingerprint density at radius 3 is 2.27 bits per heavy atom. The van der Waals surface area contributed by atoms with E-state index in [1.165, 1.54) is 25.3 Å². The molecule has 0 heterocycles. The summed E-state index contributed by atoms with van der Waals surface area (Å²) in [4.78, 5) is 11.0. The Balaban J connectivity index is 1.89. The van der Waals surface area contributed by atoms with Gasteiger partial charge in [0.2, 0.25) is 10.0 Å². The van der Waals surface area contributed by atoms with Crippen LogP contribution in [0.15, 0.2) is 65.6 Å². The van der Waals surface area contributed by atoms with Crippen molar-refractivity contribution in [2.75, 3.05) is 7.11 Å². The van der Waals surface area contributed by atoms with E-state index in [0.717, 1.165) is 0 Å². The van der Waals surface area contributed by atoms with Gasteiger partial charge in [-0.15, -0.1) is 0 Å². The molecule has 3 aromatic carbocycles. The van der Waals surface area contributed by atoms with E-state index in [9.17, 15) is 13.2 Å². The number of rotatable bonds is 6. The van der Waals surface area contributed by atoms with Gasteiger partial charge in [0, 0.05) is 17.3 Å². The molecule has 0 fully saturated rings. The van der Waals surface area contributed by atoms with Crippen LogP contribution in [0.5, 0.6) is 5.75 Å². The van der Waals surface area contributed by atoms with Crippen LogP contribution in [0.25, 0.3) is 10.8 Å². The molecule has 0 aliphatic rings. The zero-order chi connectivity index (χ0) is 18.7. The molecule has 0 aromatic heterocycles. The van der Waals surface area contributed by atoms with Gasteiger partial charge in [0.1, 0.15) is 5.75 Å². The van der Waals surface area contributed by atoms with Crippen molar-refractivity contribution in [3.05, 3.63) is 71.8 Å². The van der Waals surface area contributed by atoms with Crippen LogP contribution in [0.1, 0.15) is 15.9 Å². The highest BCUT2D eigenvalue weighted by Gasteiger charge is 2.18. The molecule has 3 aromatic rings. The third kappa shape index (κ3) is 3.54. The number of methoxy groups -OCH3 is 1. The van der Waals surface area contributed by atoms with Crippen LogP contribution < -0.4 is 9.46 Å². The lowest BCUT2D eigenvalue weighted by Gasteiger charge is -2.12. The summed E-state index contributed by atoms with van der Waals surface area (Å²) in [6.07, 6.45) is 0. The van der Waals surface area contributed by atoms with Crippen molar-refractivity contribution in [1.82, 2.24) is 4.72 Å². The predicted octanol–water partition coefficient (Wildman–Crippen LogP) is 3.03. The first-order valence-corrected chi connectivity index (χ1v) is 9.28. The summed E-state index contributed by atoms with van der Waals surface area (Å²) in [5.74, 6) is -0.425. The standard InChI is InChI=1S/C19H17NO5S/c1-25-17-10-11-18(16-5-3-2-4-15(16)17)26(23,24)20-12-13-6-8-14(9-7-13)19(21)22/h2-11,20H,12H2,1H3,(H,21,22). The molecule has 0 saturated carbocycles. The zero-order valence-corrected chi connectivity index (χ0v) is 14.8. The Morgan fingerprint density at radius 2 is 1.65 bits per heavy atom. The fourth-order valence-corrected chi connectivity index (χ4v) is 3.90. The number of carboxylic acids is 1. The molecule has 0 aliphatic heterocycles. The Hall–Kier alpha value is -2.90. The van der Waals surface area contributed by atoms with Gasteiger partial charge in [-0.25, -0.2) is 17.9 Å². The molecule has 0 radical (unpaired) electrons. The second-order valence-corrected chi connectivity index (χ2v) is 7.37. The van der Waals surface area contributed by atoms with Gasteiger partial charge in [-0.05, 0) is 29.8 Å². The molecule has 0 atom stereocenters. The molecule has 0 unspecified atom stereocenters. The predicted molar refractivity (Wildman–Crippen MR) is 97.9 cm³/mol. The van der Waals surface area contributed by atoms with E-state index < -0.39 is 16.0 Å². The third-order valence-corrected chi connectivity index (χ3v) is 5.48. The lowest BCUT2D eigenvalue weighted by molar-refractivity contribution is 0.0697. The Kier molecular flexibility index (Phi) is 4.92. The molecule has 0 bridgehead atoms. The lowest BCUT2D eigenvalue weighted by atomic mass is 10.1. The summed E-state index contributed by atoms with van der Waals surface area (Å²) in [6.45, 7) is 0.0581. The maximum Gasteiger partial charge on any atom is 0.335 e. The summed E-state index contributed by atoms with van der Waals surface area (Å²) in [6, 6.07) is 16.3. The number of carbonyl (C=O) groups is 1. The smallest absolute Gasteiger partial charge is 0.335 e. The molecule has 0 spiro atoms. The van der Waals surface area contributed by atoms with Gasteiger partial charge in [0.15, 0.2) is 0 Å². The minimum Gasteiger partial charge on any atom is -0.496 e. The van der Waals surface area contributed by atoms with E-state index in [2.05, 4.69) is 4.72 Å². The maximum atomic E-state index is 12.7. The van der Waals surface area contributed by atoms with E-state index in [0.29, 0.717) is 22.1 Å². The average molecular weight is 371 g/mol. The van der Waals surface area contributed by atoms with Gasteiger partial charge in [0.25, 0.3) is 0 Å². The number of ether oxygens (including phenoxy) is 1. The largest absolute Gasteiger partial charge is 0.496 e. The van der Waals surface area contributed by atoms with Crippen LogP contribution in [0, 0.1) is 0 Å². The summed E-state index contributed by atoms with van der Waals surface area (Å²) in [5.41, 5.74) is 0.814. The third-order valence-electron chi connectivity index (χ3n) is 4.02. The first-order chi connectivity index (χ1) is 12.4. The van der Waals surface area contributed by atoms with E-state index in [4.69, 9.17) is 9.84 Å². The van der Waals surface area contributed by atoms with Crippen LogP contribution in [0.4, 0.5) is 0 Å². The Morgan fingerprint density at radius 1 is 1.00 bits per heavy atom. The molecule has 134 valence electrons. The lowest BCUT2D eigenvalue weighted by Crippen LogP contribution is -2.23. The number of nitrogens with one attached hydrogen (secondary N) is 1. The molecular formula is C19H17NO5S. The monoisotopic (exact) mass is 371 g/mol. The van der Waals surface area contributed by atoms with E-state index in [-0.39, 0.29) is 17.0 Å². The fourth-order valence-electron chi connectivity index (χ4n) is 2.68. The van der Waals surface area contributed by atoms with Crippen molar-refractivity contribution in [1.29, 1.82) is 0 Å². The quantitative estimate of drug-likeness (QED) is 0.695. The normalized spacial score (nSPS) is 11.4. The van der Waals surface area contributed by atoms with Gasteiger partial charge in [-0.3, -0.25) is 0 Å². The second-order valence-electron chi connectivity index (χ2n) is 5.64. The highest BCUT2D eigenvalue weighted by molar-refractivity contribution is 7.89. The van der Waals surface area contributed by atoms with E-state index >= 15 is 0 Å². The Labute approximate surface area is 151 Å². The van der Waals surface area contributed by atoms with Gasteiger partial charge in [0.05, 0.1) is 17.6 Å². The van der Waals surface area contributed by atoms with Crippen LogP contribution in [-0.2, 0) is 16.6 Å². The number of carboxylic acid groups (broad SMARTS) is 1. The van der Waals surface area contributed by atoms with Gasteiger partial charge in [-0.2, -0.15) is 0 Å². The number of hydrogen-bond acceptors (Lipinski definition) is 4. The van der Waals surface area contributed by atoms with Crippen LogP contribution in [0.2, 0.25) is 0 Å². The number of fused-ring (bicyclic) bond motifs is 1. The van der Waals surface area contributed by atoms with Gasteiger partial charge in [-0.1, -0.05) is 36.4 Å². The Bertz CT molecular complexity index is 1060. The average Bonchev–Trinajstić information content (AvgIpc) is 2.65. The van der Waals surface area contributed by atoms with Crippen molar-refractivity contribution in [2.24, 2.45) is 0 Å². The molecular weight excluding hydrogens is 354 g/mol. The van der Waals surface area contributed by atoms with Crippen molar-refractivity contribution < 1.29 is 23.1 Å². The molecule has 0 aliphatic carbocycles. The van der Waals surface area contributed by atoms with Gasteiger partial charge < -0.3 is 9.84 Å². The number of hydrogen-bond donors (Lipinski definition) is 2. The number of sulfonamides is 1. The topological polar surface area (TPSA) is 92.7 Å². The zero-order valence-electron chi connectivity index (χ0n) is 14.0. The van der Waals surface area contributed by atoms with E-state index in [1.807, 2.05) is 6.07 Å². The van der Waals surface area contributed by atoms with Crippen molar-refractivity contribution in [3.63, 3.8) is 0 Å². The number of aromatic carboxylic acids is 1. The molecule has 26 heavy (non-hydrogen) atoms. The van der Waals surface area contributed by atoms with Crippen LogP contribution in [0.3, 0.4) is 0 Å². The molecule has 6 nitrogen and oxygen atoms in total. The highest BCUT2D eigenvalue weighted by Crippen LogP contribution is 2.30. The molecule has 3 rings (SSSR count). The summed E-state index contributed by atoms with van der Waals surface area (Å²) in [5, 5.41) is 10.2. The molecule has 0 saturated heterocycles. The first kappa shape index (κ1) is 17.9. The van der Waals surface area contributed by atoms with Crippen molar-refractivity contribution in [2.45, 2.75) is 11.4 Å². The summed E-state index contributed by atoms with van der Waals surface area (Å²) in [7, 11) is -2.22. The van der Waals surface area contributed by atoms with Crippen LogP contribution in [-0.4, -0.2) is 26.6 Å². The molecule has 2 N–H and O–H groups in total. The van der Waals surface area contributed by atoms with Gasteiger partial charge >= 0.3 is 5.97 Å². The summed E-state index contributed by atoms with van der Waals surface area (Å²) >= 11 is 0. The SMILES string of the molecule is COc1ccc(S(=O)(=O)NCc2ccc(C(=O)O)cc2)c2ccccc12. The minimum absolute atomic E-state index is 0.0581. The molecule has 0 amide bonds. The highest BCUT2D eigenvalue weighted by atomic mass is 32.2. The minimum atomic E-state index is -3.76.